The van der Waals surface area contributed by atoms with Gasteiger partial charge in [0.15, 0.2) is 0 Å². The van der Waals surface area contributed by atoms with Crippen LogP contribution >= 0.6 is 0 Å². The van der Waals surface area contributed by atoms with Gasteiger partial charge in [0, 0.05) is 18.2 Å². The van der Waals surface area contributed by atoms with Crippen molar-refractivity contribution in [1.29, 1.82) is 0 Å². The van der Waals surface area contributed by atoms with Crippen molar-refractivity contribution in [2.45, 2.75) is 12.3 Å². The molecule has 1 atom stereocenters. The van der Waals surface area contributed by atoms with Gasteiger partial charge < -0.3 is 20.1 Å². The number of rotatable bonds is 4. The molecule has 0 fully saturated rings. The molecule has 0 aliphatic carbocycles. The minimum absolute atomic E-state index is 0.112. The standard InChI is InChI=1S/C18H18N2O4/c1-23-11-7-8-15(16(9-11)24-2)20-18(22)13-10-17(21)19-14-6-4-3-5-12(13)14/h3-9,13H,10H2,1-2H3,(H,19,21)(H,20,22). The van der Waals surface area contributed by atoms with E-state index in [1.807, 2.05) is 18.2 Å². The Morgan fingerprint density at radius 1 is 1.17 bits per heavy atom. The number of para-hydroxylation sites is 1. The molecule has 24 heavy (non-hydrogen) atoms. The van der Waals surface area contributed by atoms with Gasteiger partial charge in [0.1, 0.15) is 11.5 Å². The summed E-state index contributed by atoms with van der Waals surface area (Å²) in [6, 6.07) is 12.5. The largest absolute Gasteiger partial charge is 0.497 e. The molecule has 0 saturated heterocycles. The van der Waals surface area contributed by atoms with Gasteiger partial charge in [-0.2, -0.15) is 0 Å². The molecule has 6 heteroatoms. The van der Waals surface area contributed by atoms with Crippen LogP contribution in [0.15, 0.2) is 42.5 Å². The molecule has 3 rings (SSSR count). The molecule has 1 heterocycles. The van der Waals surface area contributed by atoms with Crippen molar-refractivity contribution < 1.29 is 19.1 Å². The summed E-state index contributed by atoms with van der Waals surface area (Å²) >= 11 is 0. The summed E-state index contributed by atoms with van der Waals surface area (Å²) in [7, 11) is 3.08. The van der Waals surface area contributed by atoms with E-state index in [1.165, 1.54) is 7.11 Å². The number of benzene rings is 2. The fourth-order valence-electron chi connectivity index (χ4n) is 2.77. The monoisotopic (exact) mass is 326 g/mol. The lowest BCUT2D eigenvalue weighted by atomic mass is 9.90. The zero-order chi connectivity index (χ0) is 17.1. The van der Waals surface area contributed by atoms with Gasteiger partial charge in [0.05, 0.1) is 25.8 Å². The molecule has 1 aliphatic rings. The highest BCUT2D eigenvalue weighted by atomic mass is 16.5. The Morgan fingerprint density at radius 2 is 1.96 bits per heavy atom. The first-order valence-corrected chi connectivity index (χ1v) is 7.54. The van der Waals surface area contributed by atoms with E-state index < -0.39 is 5.92 Å². The Kier molecular flexibility index (Phi) is 4.37. The molecule has 2 amide bonds. The number of hydrogen-bond donors (Lipinski definition) is 2. The van der Waals surface area contributed by atoms with Crippen molar-refractivity contribution in [2.24, 2.45) is 0 Å². The van der Waals surface area contributed by atoms with Crippen LogP contribution in [-0.4, -0.2) is 26.0 Å². The molecule has 0 aromatic heterocycles. The number of carbonyl (C=O) groups excluding carboxylic acids is 2. The number of anilines is 2. The highest BCUT2D eigenvalue weighted by Crippen LogP contribution is 2.34. The number of methoxy groups -OCH3 is 2. The van der Waals surface area contributed by atoms with E-state index in [2.05, 4.69) is 10.6 Å². The molecule has 2 N–H and O–H groups in total. The predicted molar refractivity (Wildman–Crippen MR) is 90.6 cm³/mol. The van der Waals surface area contributed by atoms with Crippen molar-refractivity contribution in [1.82, 2.24) is 0 Å². The first-order valence-electron chi connectivity index (χ1n) is 7.54. The van der Waals surface area contributed by atoms with Crippen LogP contribution in [0.1, 0.15) is 17.9 Å². The maximum absolute atomic E-state index is 12.7. The van der Waals surface area contributed by atoms with Crippen LogP contribution in [0, 0.1) is 0 Å². The molecule has 0 spiro atoms. The average Bonchev–Trinajstić information content (AvgIpc) is 2.61. The van der Waals surface area contributed by atoms with Gasteiger partial charge in [0.25, 0.3) is 0 Å². The molecular formula is C18H18N2O4. The van der Waals surface area contributed by atoms with Crippen molar-refractivity contribution in [3.05, 3.63) is 48.0 Å². The summed E-state index contributed by atoms with van der Waals surface area (Å²) in [5.41, 5.74) is 2.02. The van der Waals surface area contributed by atoms with E-state index in [1.54, 1.807) is 31.4 Å². The van der Waals surface area contributed by atoms with Crippen LogP contribution in [0.4, 0.5) is 11.4 Å². The van der Waals surface area contributed by atoms with Gasteiger partial charge in [0.2, 0.25) is 11.8 Å². The van der Waals surface area contributed by atoms with Crippen LogP contribution in [0.3, 0.4) is 0 Å². The van der Waals surface area contributed by atoms with Gasteiger partial charge in [-0.15, -0.1) is 0 Å². The zero-order valence-corrected chi connectivity index (χ0v) is 13.5. The second-order valence-corrected chi connectivity index (χ2v) is 5.45. The number of fused-ring (bicyclic) bond motifs is 1. The molecule has 1 aliphatic heterocycles. The van der Waals surface area contributed by atoms with E-state index in [-0.39, 0.29) is 18.2 Å². The molecular weight excluding hydrogens is 308 g/mol. The fourth-order valence-corrected chi connectivity index (χ4v) is 2.77. The van der Waals surface area contributed by atoms with Crippen LogP contribution in [0.5, 0.6) is 11.5 Å². The van der Waals surface area contributed by atoms with Gasteiger partial charge in [-0.05, 0) is 23.8 Å². The number of hydrogen-bond acceptors (Lipinski definition) is 4. The fraction of sp³-hybridized carbons (Fsp3) is 0.222. The second-order valence-electron chi connectivity index (χ2n) is 5.45. The summed E-state index contributed by atoms with van der Waals surface area (Å²) in [6.07, 6.45) is 0.112. The Bertz CT molecular complexity index is 788. The molecule has 6 nitrogen and oxygen atoms in total. The first-order chi connectivity index (χ1) is 11.6. The number of amides is 2. The van der Waals surface area contributed by atoms with E-state index in [0.29, 0.717) is 22.9 Å². The van der Waals surface area contributed by atoms with Gasteiger partial charge in [-0.25, -0.2) is 0 Å². The third-order valence-electron chi connectivity index (χ3n) is 3.98. The third-order valence-corrected chi connectivity index (χ3v) is 3.98. The number of nitrogens with one attached hydrogen (secondary N) is 2. The molecule has 2 aromatic rings. The average molecular weight is 326 g/mol. The molecule has 0 radical (unpaired) electrons. The lowest BCUT2D eigenvalue weighted by molar-refractivity contribution is -0.123. The predicted octanol–water partition coefficient (Wildman–Crippen LogP) is 2.77. The van der Waals surface area contributed by atoms with Crippen molar-refractivity contribution in [2.75, 3.05) is 24.9 Å². The quantitative estimate of drug-likeness (QED) is 0.906. The highest BCUT2D eigenvalue weighted by Gasteiger charge is 2.30. The van der Waals surface area contributed by atoms with Crippen LogP contribution in [0.2, 0.25) is 0 Å². The summed E-state index contributed by atoms with van der Waals surface area (Å²) in [6.45, 7) is 0. The SMILES string of the molecule is COc1ccc(NC(=O)C2CC(=O)Nc3ccccc32)c(OC)c1. The third kappa shape index (κ3) is 3.03. The first kappa shape index (κ1) is 15.9. The van der Waals surface area contributed by atoms with Gasteiger partial charge in [-0.3, -0.25) is 9.59 Å². The lowest BCUT2D eigenvalue weighted by Gasteiger charge is -2.25. The summed E-state index contributed by atoms with van der Waals surface area (Å²) in [5, 5.41) is 5.63. The summed E-state index contributed by atoms with van der Waals surface area (Å²) in [5.74, 6) is 0.168. The Morgan fingerprint density at radius 3 is 2.71 bits per heavy atom. The van der Waals surface area contributed by atoms with E-state index in [4.69, 9.17) is 9.47 Å². The second kappa shape index (κ2) is 6.62. The topological polar surface area (TPSA) is 76.7 Å². The van der Waals surface area contributed by atoms with Gasteiger partial charge >= 0.3 is 0 Å². The maximum Gasteiger partial charge on any atom is 0.232 e. The minimum Gasteiger partial charge on any atom is -0.497 e. The summed E-state index contributed by atoms with van der Waals surface area (Å²) < 4.78 is 10.4. The van der Waals surface area contributed by atoms with Crippen molar-refractivity contribution in [3.8, 4) is 11.5 Å². The number of ether oxygens (including phenoxy) is 2. The molecule has 0 saturated carbocycles. The van der Waals surface area contributed by atoms with Crippen molar-refractivity contribution in [3.63, 3.8) is 0 Å². The normalized spacial score (nSPS) is 15.9. The maximum atomic E-state index is 12.7. The van der Waals surface area contributed by atoms with Crippen LogP contribution in [0.25, 0.3) is 0 Å². The molecule has 0 bridgehead atoms. The Balaban J connectivity index is 1.87. The molecule has 1 unspecified atom stereocenters. The van der Waals surface area contributed by atoms with Crippen molar-refractivity contribution >= 4 is 23.2 Å². The minimum atomic E-state index is -0.540. The van der Waals surface area contributed by atoms with E-state index in [0.717, 1.165) is 5.56 Å². The number of carbonyl (C=O) groups is 2. The van der Waals surface area contributed by atoms with Crippen LogP contribution in [-0.2, 0) is 9.59 Å². The molecule has 2 aromatic carbocycles. The lowest BCUT2D eigenvalue weighted by Crippen LogP contribution is -2.30. The van der Waals surface area contributed by atoms with E-state index in [9.17, 15) is 9.59 Å². The molecule has 124 valence electrons. The smallest absolute Gasteiger partial charge is 0.232 e. The Labute approximate surface area is 139 Å². The Hall–Kier alpha value is -3.02. The van der Waals surface area contributed by atoms with Crippen LogP contribution < -0.4 is 20.1 Å². The highest BCUT2D eigenvalue weighted by molar-refractivity contribution is 6.05. The van der Waals surface area contributed by atoms with Gasteiger partial charge in [-0.1, -0.05) is 18.2 Å². The summed E-state index contributed by atoms with van der Waals surface area (Å²) in [4.78, 5) is 24.6. The van der Waals surface area contributed by atoms with E-state index >= 15 is 0 Å². The zero-order valence-electron chi connectivity index (χ0n) is 13.5.